The molecule has 1 saturated heterocycles. The highest BCUT2D eigenvalue weighted by Gasteiger charge is 2.34. The summed E-state index contributed by atoms with van der Waals surface area (Å²) in [5.41, 5.74) is 1.91. The number of imide groups is 1. The summed E-state index contributed by atoms with van der Waals surface area (Å²) < 4.78 is 0. The average molecular weight is 336 g/mol. The molecule has 0 saturated carbocycles. The molecule has 0 spiro atoms. The molecule has 24 heavy (non-hydrogen) atoms. The number of anilines is 1. The van der Waals surface area contributed by atoms with Gasteiger partial charge in [-0.25, -0.2) is 0 Å². The van der Waals surface area contributed by atoms with E-state index in [4.69, 9.17) is 0 Å². The second kappa shape index (κ2) is 7.66. The van der Waals surface area contributed by atoms with E-state index in [1.54, 1.807) is 12.2 Å². The number of hydrogen-bond acceptors (Lipinski definition) is 4. The Labute approximate surface area is 144 Å². The topological polar surface area (TPSA) is 49.4 Å². The van der Waals surface area contributed by atoms with Gasteiger partial charge >= 0.3 is 0 Å². The summed E-state index contributed by atoms with van der Waals surface area (Å²) in [6.45, 7) is 0.161. The number of hydrogen-bond donors (Lipinski definition) is 1. The zero-order chi connectivity index (χ0) is 16.8. The normalized spacial score (nSPS) is 16.3. The molecule has 1 aliphatic heterocycles. The predicted octanol–water partition coefficient (Wildman–Crippen LogP) is 4.35. The van der Waals surface area contributed by atoms with Crippen molar-refractivity contribution < 1.29 is 9.59 Å². The van der Waals surface area contributed by atoms with Gasteiger partial charge in [-0.2, -0.15) is 0 Å². The van der Waals surface area contributed by atoms with Crippen molar-refractivity contribution in [1.82, 2.24) is 4.90 Å². The summed E-state index contributed by atoms with van der Waals surface area (Å²) in [4.78, 5) is 26.0. The Hall–Kier alpha value is -2.79. The van der Waals surface area contributed by atoms with Gasteiger partial charge in [0.25, 0.3) is 11.1 Å². The molecule has 0 aromatic heterocycles. The number of benzene rings is 2. The minimum absolute atomic E-state index is 0.161. The first-order chi connectivity index (χ1) is 11.7. The van der Waals surface area contributed by atoms with Gasteiger partial charge in [0.05, 0.1) is 11.6 Å². The van der Waals surface area contributed by atoms with Crippen LogP contribution in [-0.2, 0) is 4.79 Å². The SMILES string of the molecule is O=C1S/C(=C/C=C/c2ccccc2)C(=O)N1CNc1ccccc1. The van der Waals surface area contributed by atoms with Crippen LogP contribution in [0.2, 0.25) is 0 Å². The molecule has 1 heterocycles. The van der Waals surface area contributed by atoms with Crippen LogP contribution in [-0.4, -0.2) is 22.7 Å². The van der Waals surface area contributed by atoms with E-state index in [1.807, 2.05) is 66.7 Å². The Morgan fingerprint density at radius 3 is 2.33 bits per heavy atom. The second-order valence-electron chi connectivity index (χ2n) is 5.10. The Bertz CT molecular complexity index is 786. The van der Waals surface area contributed by atoms with Gasteiger partial charge in [-0.15, -0.1) is 0 Å². The Morgan fingerprint density at radius 1 is 0.958 bits per heavy atom. The standard InChI is InChI=1S/C19H16N2O2S/c22-18-17(13-7-10-15-8-3-1-4-9-15)24-19(23)21(18)14-20-16-11-5-2-6-12-16/h1-13,20H,14H2/b10-7+,17-13+. The second-order valence-corrected chi connectivity index (χ2v) is 6.10. The monoisotopic (exact) mass is 336 g/mol. The first-order valence-electron chi connectivity index (χ1n) is 7.50. The molecule has 0 aliphatic carbocycles. The van der Waals surface area contributed by atoms with E-state index in [0.29, 0.717) is 4.91 Å². The Morgan fingerprint density at radius 2 is 1.62 bits per heavy atom. The van der Waals surface area contributed by atoms with Crippen LogP contribution in [0.3, 0.4) is 0 Å². The van der Waals surface area contributed by atoms with Gasteiger partial charge in [0.1, 0.15) is 0 Å². The lowest BCUT2D eigenvalue weighted by molar-refractivity contribution is -0.122. The van der Waals surface area contributed by atoms with E-state index in [0.717, 1.165) is 23.0 Å². The lowest BCUT2D eigenvalue weighted by Crippen LogP contribution is -2.33. The van der Waals surface area contributed by atoms with Gasteiger partial charge < -0.3 is 5.32 Å². The van der Waals surface area contributed by atoms with Crippen LogP contribution in [0.15, 0.2) is 77.7 Å². The number of carbonyl (C=O) groups is 2. The van der Waals surface area contributed by atoms with E-state index in [9.17, 15) is 9.59 Å². The fourth-order valence-corrected chi connectivity index (χ4v) is 2.98. The highest BCUT2D eigenvalue weighted by atomic mass is 32.2. The van der Waals surface area contributed by atoms with Gasteiger partial charge in [-0.1, -0.05) is 60.7 Å². The molecule has 1 aliphatic rings. The third kappa shape index (κ3) is 3.94. The molecule has 2 aromatic carbocycles. The highest BCUT2D eigenvalue weighted by Crippen LogP contribution is 2.30. The number of carbonyl (C=O) groups excluding carboxylic acids is 2. The zero-order valence-corrected chi connectivity index (χ0v) is 13.7. The molecule has 3 rings (SSSR count). The van der Waals surface area contributed by atoms with E-state index >= 15 is 0 Å². The molecule has 5 heteroatoms. The lowest BCUT2D eigenvalue weighted by atomic mass is 10.2. The van der Waals surface area contributed by atoms with Crippen molar-refractivity contribution in [3.63, 3.8) is 0 Å². The fraction of sp³-hybridized carbons (Fsp3) is 0.0526. The smallest absolute Gasteiger partial charge is 0.295 e. The third-order valence-corrected chi connectivity index (χ3v) is 4.35. The molecule has 1 N–H and O–H groups in total. The van der Waals surface area contributed by atoms with Crippen molar-refractivity contribution in [2.75, 3.05) is 12.0 Å². The number of amides is 2. The quantitative estimate of drug-likeness (QED) is 0.825. The maximum atomic E-state index is 12.3. The number of rotatable bonds is 5. The van der Waals surface area contributed by atoms with Crippen LogP contribution in [0.1, 0.15) is 5.56 Å². The molecular formula is C19H16N2O2S. The molecule has 4 nitrogen and oxygen atoms in total. The summed E-state index contributed by atoms with van der Waals surface area (Å²) in [7, 11) is 0. The van der Waals surface area contributed by atoms with E-state index < -0.39 is 0 Å². The van der Waals surface area contributed by atoms with Gasteiger partial charge in [-0.05, 0) is 35.5 Å². The first-order valence-corrected chi connectivity index (χ1v) is 8.32. The van der Waals surface area contributed by atoms with Crippen LogP contribution in [0, 0.1) is 0 Å². The number of thioether (sulfide) groups is 1. The number of para-hydroxylation sites is 1. The van der Waals surface area contributed by atoms with Crippen molar-refractivity contribution in [2.24, 2.45) is 0 Å². The van der Waals surface area contributed by atoms with Crippen molar-refractivity contribution >= 4 is 34.7 Å². The number of nitrogens with zero attached hydrogens (tertiary/aromatic N) is 1. The molecule has 0 radical (unpaired) electrons. The summed E-state index contributed by atoms with van der Waals surface area (Å²) in [6.07, 6.45) is 5.37. The van der Waals surface area contributed by atoms with Crippen molar-refractivity contribution in [2.45, 2.75) is 0 Å². The minimum atomic E-state index is -0.272. The maximum absolute atomic E-state index is 12.3. The average Bonchev–Trinajstić information content (AvgIpc) is 2.89. The van der Waals surface area contributed by atoms with Gasteiger partial charge in [0.2, 0.25) is 0 Å². The van der Waals surface area contributed by atoms with E-state index in [-0.39, 0.29) is 17.8 Å². The Kier molecular flexibility index (Phi) is 5.13. The molecule has 2 aromatic rings. The predicted molar refractivity (Wildman–Crippen MR) is 98.3 cm³/mol. The van der Waals surface area contributed by atoms with Crippen LogP contribution in [0.4, 0.5) is 10.5 Å². The molecule has 0 bridgehead atoms. The molecule has 1 fully saturated rings. The summed E-state index contributed by atoms with van der Waals surface area (Å²) in [5, 5.41) is 2.81. The summed E-state index contributed by atoms with van der Waals surface area (Å²) >= 11 is 0.959. The molecular weight excluding hydrogens is 320 g/mol. The fourth-order valence-electron chi connectivity index (χ4n) is 2.19. The first kappa shape index (κ1) is 16.1. The largest absolute Gasteiger partial charge is 0.367 e. The van der Waals surface area contributed by atoms with Gasteiger partial charge in [0, 0.05) is 5.69 Å². The molecule has 2 amide bonds. The van der Waals surface area contributed by atoms with Crippen molar-refractivity contribution in [1.29, 1.82) is 0 Å². The van der Waals surface area contributed by atoms with Gasteiger partial charge in [-0.3, -0.25) is 14.5 Å². The van der Waals surface area contributed by atoms with Crippen LogP contribution >= 0.6 is 11.8 Å². The van der Waals surface area contributed by atoms with Crippen LogP contribution < -0.4 is 5.32 Å². The number of allylic oxidation sites excluding steroid dienone is 2. The lowest BCUT2D eigenvalue weighted by Gasteiger charge is -2.14. The molecule has 0 atom stereocenters. The third-order valence-electron chi connectivity index (χ3n) is 3.42. The highest BCUT2D eigenvalue weighted by molar-refractivity contribution is 8.18. The van der Waals surface area contributed by atoms with Crippen molar-refractivity contribution in [3.8, 4) is 0 Å². The summed E-state index contributed by atoms with van der Waals surface area (Å²) in [5.74, 6) is -0.272. The van der Waals surface area contributed by atoms with E-state index in [1.165, 1.54) is 4.90 Å². The van der Waals surface area contributed by atoms with Gasteiger partial charge in [0.15, 0.2) is 0 Å². The summed E-state index contributed by atoms with van der Waals surface area (Å²) in [6, 6.07) is 19.3. The van der Waals surface area contributed by atoms with Crippen LogP contribution in [0.25, 0.3) is 6.08 Å². The van der Waals surface area contributed by atoms with E-state index in [2.05, 4.69) is 5.32 Å². The Balaban J connectivity index is 1.63. The molecule has 120 valence electrons. The molecule has 0 unspecified atom stereocenters. The number of nitrogens with one attached hydrogen (secondary N) is 1. The van der Waals surface area contributed by atoms with Crippen molar-refractivity contribution in [3.05, 3.63) is 83.3 Å². The van der Waals surface area contributed by atoms with Crippen LogP contribution in [0.5, 0.6) is 0 Å². The minimum Gasteiger partial charge on any atom is -0.367 e. The maximum Gasteiger partial charge on any atom is 0.295 e. The zero-order valence-electron chi connectivity index (χ0n) is 12.9.